The van der Waals surface area contributed by atoms with Gasteiger partial charge in [-0.2, -0.15) is 0 Å². The Hall–Kier alpha value is -2.40. The smallest absolute Gasteiger partial charge is 0.326 e. The van der Waals surface area contributed by atoms with E-state index >= 15 is 0 Å². The summed E-state index contributed by atoms with van der Waals surface area (Å²) in [4.78, 5) is 12.4. The number of ether oxygens (including phenoxy) is 2. The first-order valence-corrected chi connectivity index (χ1v) is 8.21. The second-order valence-corrected chi connectivity index (χ2v) is 6.28. The molecule has 0 saturated heterocycles. The Morgan fingerprint density at radius 2 is 1.92 bits per heavy atom. The summed E-state index contributed by atoms with van der Waals surface area (Å²) >= 11 is 0. The number of hydrogen-bond acceptors (Lipinski definition) is 4. The summed E-state index contributed by atoms with van der Waals surface area (Å²) in [7, 11) is 0. The average molecular weight is 345 g/mol. The number of benzene rings is 2. The maximum Gasteiger partial charge on any atom is 0.326 e. The molecule has 134 valence electrons. The number of hydrogen-bond donors (Lipinski definition) is 1. The summed E-state index contributed by atoms with van der Waals surface area (Å²) < 4.78 is 22.9. The number of carbonyl (C=O) groups excluding carboxylic acids is 1. The number of esters is 1. The second-order valence-electron chi connectivity index (χ2n) is 6.28. The van der Waals surface area contributed by atoms with Crippen molar-refractivity contribution in [1.82, 2.24) is 0 Å². The van der Waals surface area contributed by atoms with Crippen LogP contribution in [0.4, 0.5) is 4.39 Å². The van der Waals surface area contributed by atoms with Crippen molar-refractivity contribution < 1.29 is 18.7 Å². The third-order valence-corrected chi connectivity index (χ3v) is 3.90. The van der Waals surface area contributed by atoms with Crippen LogP contribution >= 0.6 is 0 Å². The fourth-order valence-corrected chi connectivity index (χ4v) is 2.44. The van der Waals surface area contributed by atoms with Gasteiger partial charge < -0.3 is 15.2 Å². The average Bonchev–Trinajstić information content (AvgIpc) is 2.61. The largest absolute Gasteiger partial charge is 0.491 e. The molecule has 0 aliphatic rings. The van der Waals surface area contributed by atoms with Gasteiger partial charge in [0.15, 0.2) is 0 Å². The molecule has 0 spiro atoms. The van der Waals surface area contributed by atoms with Crippen LogP contribution in [0.5, 0.6) is 5.75 Å². The van der Waals surface area contributed by atoms with Crippen molar-refractivity contribution in [2.45, 2.75) is 32.4 Å². The standard InChI is InChI=1S/C20H24FNO3/c1-15-8-9-18(24-11-10-21)12-17(15)13-20(2,22)19(23)25-14-16-6-4-3-5-7-16/h3-9,12H,10-11,13-14,22H2,1-2H3. The lowest BCUT2D eigenvalue weighted by molar-refractivity contribution is -0.150. The van der Waals surface area contributed by atoms with Gasteiger partial charge in [-0.15, -0.1) is 0 Å². The van der Waals surface area contributed by atoms with Gasteiger partial charge in [0.25, 0.3) is 0 Å². The zero-order valence-electron chi connectivity index (χ0n) is 14.6. The topological polar surface area (TPSA) is 61.5 Å². The SMILES string of the molecule is Cc1ccc(OCCF)cc1CC(C)(N)C(=O)OCc1ccccc1. The monoisotopic (exact) mass is 345 g/mol. The number of carbonyl (C=O) groups is 1. The summed E-state index contributed by atoms with van der Waals surface area (Å²) in [5, 5.41) is 0. The number of aryl methyl sites for hydroxylation is 1. The van der Waals surface area contributed by atoms with Crippen molar-refractivity contribution in [2.75, 3.05) is 13.3 Å². The summed E-state index contributed by atoms with van der Waals surface area (Å²) in [5.41, 5.74) is 7.80. The molecule has 1 unspecified atom stereocenters. The Morgan fingerprint density at radius 1 is 1.20 bits per heavy atom. The lowest BCUT2D eigenvalue weighted by Gasteiger charge is -2.24. The van der Waals surface area contributed by atoms with Gasteiger partial charge in [0, 0.05) is 6.42 Å². The summed E-state index contributed by atoms with van der Waals surface area (Å²) in [6, 6.07) is 14.9. The Kier molecular flexibility index (Phi) is 6.53. The molecule has 0 amide bonds. The minimum atomic E-state index is -1.17. The molecular formula is C20H24FNO3. The minimum absolute atomic E-state index is 0.00150. The molecule has 25 heavy (non-hydrogen) atoms. The van der Waals surface area contributed by atoms with Gasteiger partial charge in [-0.3, -0.25) is 4.79 Å². The minimum Gasteiger partial charge on any atom is -0.491 e. The molecule has 4 nitrogen and oxygen atoms in total. The molecular weight excluding hydrogens is 321 g/mol. The third kappa shape index (κ3) is 5.57. The number of halogens is 1. The van der Waals surface area contributed by atoms with Crippen LogP contribution in [-0.2, 0) is 22.6 Å². The van der Waals surface area contributed by atoms with E-state index in [-0.39, 0.29) is 13.2 Å². The molecule has 0 bridgehead atoms. The van der Waals surface area contributed by atoms with Crippen molar-refractivity contribution in [3.8, 4) is 5.75 Å². The third-order valence-electron chi connectivity index (χ3n) is 3.90. The summed E-state index contributed by atoms with van der Waals surface area (Å²) in [6.45, 7) is 3.21. The van der Waals surface area contributed by atoms with E-state index in [1.807, 2.05) is 43.3 Å². The van der Waals surface area contributed by atoms with Gasteiger partial charge in [0.1, 0.15) is 31.2 Å². The van der Waals surface area contributed by atoms with Gasteiger partial charge in [0.2, 0.25) is 0 Å². The molecule has 0 aromatic heterocycles. The van der Waals surface area contributed by atoms with Crippen LogP contribution in [0.3, 0.4) is 0 Å². The van der Waals surface area contributed by atoms with Crippen molar-refractivity contribution in [1.29, 1.82) is 0 Å². The van der Waals surface area contributed by atoms with E-state index < -0.39 is 18.2 Å². The van der Waals surface area contributed by atoms with Gasteiger partial charge in [-0.1, -0.05) is 36.4 Å². The van der Waals surface area contributed by atoms with Crippen LogP contribution in [0, 0.1) is 6.92 Å². The van der Waals surface area contributed by atoms with Crippen LogP contribution in [0.1, 0.15) is 23.6 Å². The first kappa shape index (κ1) is 18.9. The van der Waals surface area contributed by atoms with Gasteiger partial charge in [-0.05, 0) is 42.7 Å². The van der Waals surface area contributed by atoms with E-state index in [0.29, 0.717) is 12.2 Å². The molecule has 0 saturated carbocycles. The van der Waals surface area contributed by atoms with Crippen LogP contribution < -0.4 is 10.5 Å². The quantitative estimate of drug-likeness (QED) is 0.746. The van der Waals surface area contributed by atoms with Gasteiger partial charge in [-0.25, -0.2) is 4.39 Å². The molecule has 1 atom stereocenters. The Balaban J connectivity index is 2.02. The van der Waals surface area contributed by atoms with Crippen LogP contribution in [-0.4, -0.2) is 24.8 Å². The highest BCUT2D eigenvalue weighted by Gasteiger charge is 2.31. The molecule has 2 aromatic rings. The highest BCUT2D eigenvalue weighted by Crippen LogP contribution is 2.22. The predicted octanol–water partition coefficient (Wildman–Crippen LogP) is 3.35. The molecule has 5 heteroatoms. The molecule has 2 aromatic carbocycles. The Morgan fingerprint density at radius 3 is 2.60 bits per heavy atom. The van der Waals surface area contributed by atoms with Crippen LogP contribution in [0.25, 0.3) is 0 Å². The zero-order chi connectivity index (χ0) is 18.3. The lowest BCUT2D eigenvalue weighted by Crippen LogP contribution is -2.48. The highest BCUT2D eigenvalue weighted by atomic mass is 19.1. The molecule has 0 radical (unpaired) electrons. The molecule has 0 fully saturated rings. The predicted molar refractivity (Wildman–Crippen MR) is 95.2 cm³/mol. The van der Waals surface area contributed by atoms with Crippen molar-refractivity contribution in [2.24, 2.45) is 5.73 Å². The highest BCUT2D eigenvalue weighted by molar-refractivity contribution is 5.80. The molecule has 2 rings (SSSR count). The number of rotatable bonds is 8. The Bertz CT molecular complexity index is 701. The van der Waals surface area contributed by atoms with E-state index in [1.54, 1.807) is 19.1 Å². The zero-order valence-corrected chi connectivity index (χ0v) is 14.6. The van der Waals surface area contributed by atoms with Gasteiger partial charge >= 0.3 is 5.97 Å². The van der Waals surface area contributed by atoms with Crippen LogP contribution in [0.15, 0.2) is 48.5 Å². The second kappa shape index (κ2) is 8.62. The van der Waals surface area contributed by atoms with Gasteiger partial charge in [0.05, 0.1) is 0 Å². The van der Waals surface area contributed by atoms with Crippen molar-refractivity contribution in [3.63, 3.8) is 0 Å². The number of alkyl halides is 1. The van der Waals surface area contributed by atoms with E-state index in [4.69, 9.17) is 15.2 Å². The number of nitrogens with two attached hydrogens (primary N) is 1. The fourth-order valence-electron chi connectivity index (χ4n) is 2.44. The lowest BCUT2D eigenvalue weighted by atomic mass is 9.91. The first-order chi connectivity index (χ1) is 11.9. The molecule has 0 aliphatic carbocycles. The Labute approximate surface area is 147 Å². The van der Waals surface area contributed by atoms with E-state index in [1.165, 1.54) is 0 Å². The van der Waals surface area contributed by atoms with Crippen molar-refractivity contribution in [3.05, 3.63) is 65.2 Å². The van der Waals surface area contributed by atoms with Crippen molar-refractivity contribution >= 4 is 5.97 Å². The maximum atomic E-state index is 12.4. The fraction of sp³-hybridized carbons (Fsp3) is 0.350. The summed E-state index contributed by atoms with van der Waals surface area (Å²) in [5.74, 6) is 0.0949. The maximum absolute atomic E-state index is 12.4. The van der Waals surface area contributed by atoms with Crippen LogP contribution in [0.2, 0.25) is 0 Å². The summed E-state index contributed by atoms with van der Waals surface area (Å²) in [6.07, 6.45) is 0.305. The molecule has 0 heterocycles. The first-order valence-electron chi connectivity index (χ1n) is 8.21. The normalized spacial score (nSPS) is 13.1. The molecule has 2 N–H and O–H groups in total. The molecule has 0 aliphatic heterocycles. The van der Waals surface area contributed by atoms with E-state index in [2.05, 4.69) is 0 Å². The van der Waals surface area contributed by atoms with E-state index in [0.717, 1.165) is 16.7 Å². The van der Waals surface area contributed by atoms with E-state index in [9.17, 15) is 9.18 Å².